The minimum Gasteiger partial charge on any atom is -0.488 e. The monoisotopic (exact) mass is 303 g/mol. The highest BCUT2D eigenvalue weighted by atomic mass is 35.5. The van der Waals surface area contributed by atoms with E-state index in [4.69, 9.17) is 27.9 Å². The summed E-state index contributed by atoms with van der Waals surface area (Å²) >= 11 is 12.2. The first-order valence-corrected chi connectivity index (χ1v) is 6.91. The largest absolute Gasteiger partial charge is 0.488 e. The summed E-state index contributed by atoms with van der Waals surface area (Å²) in [6.07, 6.45) is 1.66. The number of benzene rings is 2. The van der Waals surface area contributed by atoms with Crippen molar-refractivity contribution in [3.63, 3.8) is 0 Å². The van der Waals surface area contributed by atoms with Crippen LogP contribution < -0.4 is 4.74 Å². The average Bonchev–Trinajstić information content (AvgIpc) is 2.48. The molecule has 1 heterocycles. The Labute approximate surface area is 126 Å². The van der Waals surface area contributed by atoms with Gasteiger partial charge in [-0.2, -0.15) is 0 Å². The number of aromatic nitrogens is 1. The van der Waals surface area contributed by atoms with Gasteiger partial charge in [-0.3, -0.25) is 0 Å². The molecule has 4 heteroatoms. The number of nitrogens with zero attached hydrogens (tertiary/aromatic N) is 1. The van der Waals surface area contributed by atoms with E-state index in [1.165, 1.54) is 0 Å². The van der Waals surface area contributed by atoms with Crippen LogP contribution in [0.4, 0.5) is 0 Å². The molecule has 0 saturated carbocycles. The van der Waals surface area contributed by atoms with Gasteiger partial charge >= 0.3 is 0 Å². The minimum atomic E-state index is 0.373. The number of hydrogen-bond acceptors (Lipinski definition) is 2. The van der Waals surface area contributed by atoms with E-state index < -0.39 is 0 Å². The van der Waals surface area contributed by atoms with Crippen LogP contribution in [0.2, 0.25) is 10.2 Å². The van der Waals surface area contributed by atoms with E-state index in [9.17, 15) is 0 Å². The van der Waals surface area contributed by atoms with Crippen molar-refractivity contribution >= 4 is 34.0 Å². The molecule has 0 bridgehead atoms. The van der Waals surface area contributed by atoms with Crippen molar-refractivity contribution in [2.45, 2.75) is 6.61 Å². The summed E-state index contributed by atoms with van der Waals surface area (Å²) in [6.45, 7) is 0.373. The van der Waals surface area contributed by atoms with Crippen LogP contribution in [-0.2, 0) is 6.61 Å². The number of pyridine rings is 1. The van der Waals surface area contributed by atoms with Crippen molar-refractivity contribution in [2.24, 2.45) is 0 Å². The van der Waals surface area contributed by atoms with Gasteiger partial charge < -0.3 is 4.74 Å². The standard InChI is InChI=1S/C16H11Cl2NO/c17-14-7-8-15(13-6-2-1-5-12(13)14)20-10-11-4-3-9-19-16(11)18/h1-9H,10H2. The van der Waals surface area contributed by atoms with Gasteiger partial charge in [-0.1, -0.05) is 53.5 Å². The Morgan fingerprint density at radius 3 is 2.50 bits per heavy atom. The minimum absolute atomic E-state index is 0.373. The predicted octanol–water partition coefficient (Wildman–Crippen LogP) is 5.12. The smallest absolute Gasteiger partial charge is 0.135 e. The number of rotatable bonds is 3. The van der Waals surface area contributed by atoms with E-state index in [-0.39, 0.29) is 0 Å². The van der Waals surface area contributed by atoms with E-state index in [0.29, 0.717) is 16.8 Å². The van der Waals surface area contributed by atoms with Crippen molar-refractivity contribution in [1.82, 2.24) is 4.98 Å². The van der Waals surface area contributed by atoms with E-state index in [0.717, 1.165) is 22.1 Å². The van der Waals surface area contributed by atoms with Gasteiger partial charge in [0.25, 0.3) is 0 Å². The molecule has 2 aromatic carbocycles. The summed E-state index contributed by atoms with van der Waals surface area (Å²) in [5.41, 5.74) is 0.855. The zero-order valence-electron chi connectivity index (χ0n) is 10.5. The maximum atomic E-state index is 6.18. The molecule has 0 fully saturated rings. The molecule has 0 saturated heterocycles. The predicted molar refractivity (Wildman–Crippen MR) is 82.5 cm³/mol. The quantitative estimate of drug-likeness (QED) is 0.626. The molecule has 0 unspecified atom stereocenters. The maximum absolute atomic E-state index is 6.18. The first-order valence-electron chi connectivity index (χ1n) is 6.15. The Balaban J connectivity index is 1.92. The highest BCUT2D eigenvalue weighted by molar-refractivity contribution is 6.35. The van der Waals surface area contributed by atoms with Crippen molar-refractivity contribution in [3.8, 4) is 5.75 Å². The lowest BCUT2D eigenvalue weighted by Gasteiger charge is -2.11. The molecule has 0 amide bonds. The molecule has 3 aromatic rings. The normalized spacial score (nSPS) is 10.7. The molecule has 20 heavy (non-hydrogen) atoms. The second kappa shape index (κ2) is 5.70. The molecule has 3 rings (SSSR count). The van der Waals surface area contributed by atoms with Gasteiger partial charge in [-0.15, -0.1) is 0 Å². The highest BCUT2D eigenvalue weighted by Gasteiger charge is 2.07. The van der Waals surface area contributed by atoms with E-state index in [2.05, 4.69) is 4.98 Å². The molecule has 0 spiro atoms. The van der Waals surface area contributed by atoms with Crippen molar-refractivity contribution < 1.29 is 4.74 Å². The number of ether oxygens (including phenoxy) is 1. The van der Waals surface area contributed by atoms with Crippen LogP contribution in [0, 0.1) is 0 Å². The molecule has 0 radical (unpaired) electrons. The summed E-state index contributed by atoms with van der Waals surface area (Å²) in [6, 6.07) is 15.3. The number of fused-ring (bicyclic) bond motifs is 1. The van der Waals surface area contributed by atoms with Gasteiger partial charge in [0.1, 0.15) is 17.5 Å². The molecule has 0 aliphatic heterocycles. The van der Waals surface area contributed by atoms with E-state index in [1.54, 1.807) is 6.20 Å². The summed E-state index contributed by atoms with van der Waals surface area (Å²) < 4.78 is 5.86. The third kappa shape index (κ3) is 2.58. The average molecular weight is 304 g/mol. The lowest BCUT2D eigenvalue weighted by atomic mass is 10.1. The Hall–Kier alpha value is -1.77. The number of hydrogen-bond donors (Lipinski definition) is 0. The SMILES string of the molecule is Clc1ncccc1COc1ccc(Cl)c2ccccc12. The zero-order valence-corrected chi connectivity index (χ0v) is 12.0. The second-order valence-corrected chi connectivity index (χ2v) is 5.10. The van der Waals surface area contributed by atoms with E-state index in [1.807, 2.05) is 48.5 Å². The Kier molecular flexibility index (Phi) is 3.77. The van der Waals surface area contributed by atoms with Crippen LogP contribution in [0.15, 0.2) is 54.7 Å². The Bertz CT molecular complexity index is 758. The maximum Gasteiger partial charge on any atom is 0.135 e. The van der Waals surface area contributed by atoms with Gasteiger partial charge in [0.15, 0.2) is 0 Å². The molecule has 0 aliphatic carbocycles. The van der Waals surface area contributed by atoms with Crippen LogP contribution in [0.3, 0.4) is 0 Å². The van der Waals surface area contributed by atoms with Crippen LogP contribution in [0.25, 0.3) is 10.8 Å². The zero-order chi connectivity index (χ0) is 13.9. The molecule has 0 N–H and O–H groups in total. The van der Waals surface area contributed by atoms with Gasteiger partial charge in [0.2, 0.25) is 0 Å². The number of halogens is 2. The molecule has 0 atom stereocenters. The third-order valence-corrected chi connectivity index (χ3v) is 3.72. The first kappa shape index (κ1) is 13.2. The molecule has 2 nitrogen and oxygen atoms in total. The highest BCUT2D eigenvalue weighted by Crippen LogP contribution is 2.31. The van der Waals surface area contributed by atoms with Gasteiger partial charge in [-0.25, -0.2) is 4.98 Å². The Morgan fingerprint density at radius 1 is 0.900 bits per heavy atom. The van der Waals surface area contributed by atoms with Gasteiger partial charge in [0, 0.05) is 27.6 Å². The van der Waals surface area contributed by atoms with Crippen LogP contribution in [-0.4, -0.2) is 4.98 Å². The van der Waals surface area contributed by atoms with Crippen LogP contribution >= 0.6 is 23.2 Å². The fourth-order valence-electron chi connectivity index (χ4n) is 2.04. The lowest BCUT2D eigenvalue weighted by Crippen LogP contribution is -1.97. The molecular weight excluding hydrogens is 293 g/mol. The fraction of sp³-hybridized carbons (Fsp3) is 0.0625. The molecular formula is C16H11Cl2NO. The molecule has 1 aromatic heterocycles. The summed E-state index contributed by atoms with van der Waals surface area (Å²) in [5, 5.41) is 3.14. The summed E-state index contributed by atoms with van der Waals surface area (Å²) in [5.74, 6) is 0.782. The van der Waals surface area contributed by atoms with Crippen molar-refractivity contribution in [2.75, 3.05) is 0 Å². The lowest BCUT2D eigenvalue weighted by molar-refractivity contribution is 0.309. The van der Waals surface area contributed by atoms with Crippen LogP contribution in [0.5, 0.6) is 5.75 Å². The third-order valence-electron chi connectivity index (χ3n) is 3.05. The summed E-state index contributed by atoms with van der Waals surface area (Å²) in [4.78, 5) is 4.03. The Morgan fingerprint density at radius 2 is 1.70 bits per heavy atom. The second-order valence-electron chi connectivity index (χ2n) is 4.33. The summed E-state index contributed by atoms with van der Waals surface area (Å²) in [7, 11) is 0. The van der Waals surface area contributed by atoms with Crippen molar-refractivity contribution in [3.05, 3.63) is 70.5 Å². The molecule has 100 valence electrons. The topological polar surface area (TPSA) is 22.1 Å². The van der Waals surface area contributed by atoms with E-state index >= 15 is 0 Å². The van der Waals surface area contributed by atoms with Gasteiger partial charge in [0.05, 0.1) is 0 Å². The molecule has 0 aliphatic rings. The van der Waals surface area contributed by atoms with Gasteiger partial charge in [-0.05, 0) is 18.2 Å². The fourth-order valence-corrected chi connectivity index (χ4v) is 2.44. The van der Waals surface area contributed by atoms with Crippen LogP contribution in [0.1, 0.15) is 5.56 Å². The van der Waals surface area contributed by atoms with Crippen molar-refractivity contribution in [1.29, 1.82) is 0 Å². The first-order chi connectivity index (χ1) is 9.75.